The van der Waals surface area contributed by atoms with E-state index in [2.05, 4.69) is 10.0 Å². The standard InChI is InChI=1S/C20H26N2O6S/c1-14-6-8-17(9-7-14)29(26,27)22-11-10-21-12-16(23)13-28-19-15(2)4-3-5-18(19)20(24)25/h3-9,16,21-23H,10-13H2,1-2H3,(H,24,25). The number of nitrogens with one attached hydrogen (secondary N) is 2. The highest BCUT2D eigenvalue weighted by atomic mass is 32.2. The first-order valence-corrected chi connectivity index (χ1v) is 10.6. The number of sulfonamides is 1. The highest BCUT2D eigenvalue weighted by Crippen LogP contribution is 2.23. The van der Waals surface area contributed by atoms with Crippen LogP contribution in [0.3, 0.4) is 0 Å². The summed E-state index contributed by atoms with van der Waals surface area (Å²) in [7, 11) is -3.57. The first-order valence-electron chi connectivity index (χ1n) is 9.11. The minimum absolute atomic E-state index is 0.0377. The lowest BCUT2D eigenvalue weighted by Crippen LogP contribution is -2.37. The molecule has 29 heavy (non-hydrogen) atoms. The SMILES string of the molecule is Cc1ccc(S(=O)(=O)NCCNCC(O)COc2c(C)cccc2C(=O)O)cc1. The smallest absolute Gasteiger partial charge is 0.339 e. The van der Waals surface area contributed by atoms with E-state index >= 15 is 0 Å². The number of hydrogen-bond donors (Lipinski definition) is 4. The molecule has 0 bridgehead atoms. The Morgan fingerprint density at radius 2 is 1.79 bits per heavy atom. The quantitative estimate of drug-likeness (QED) is 0.402. The molecule has 0 aliphatic rings. The molecule has 2 aromatic carbocycles. The zero-order valence-electron chi connectivity index (χ0n) is 16.4. The lowest BCUT2D eigenvalue weighted by atomic mass is 10.1. The van der Waals surface area contributed by atoms with Gasteiger partial charge in [-0.15, -0.1) is 0 Å². The van der Waals surface area contributed by atoms with E-state index in [1.807, 2.05) is 6.92 Å². The van der Waals surface area contributed by atoms with Crippen molar-refractivity contribution in [2.45, 2.75) is 24.8 Å². The monoisotopic (exact) mass is 422 g/mol. The van der Waals surface area contributed by atoms with Gasteiger partial charge < -0.3 is 20.3 Å². The maximum Gasteiger partial charge on any atom is 0.339 e. The molecule has 2 aromatic rings. The van der Waals surface area contributed by atoms with E-state index in [-0.39, 0.29) is 35.9 Å². The average Bonchev–Trinajstić information content (AvgIpc) is 2.66. The Morgan fingerprint density at radius 1 is 1.10 bits per heavy atom. The normalized spacial score (nSPS) is 12.5. The molecular weight excluding hydrogens is 396 g/mol. The summed E-state index contributed by atoms with van der Waals surface area (Å²) in [6.07, 6.45) is -0.884. The zero-order chi connectivity index (χ0) is 21.4. The second-order valence-corrected chi connectivity index (χ2v) is 8.40. The number of carboxylic acids is 1. The van der Waals surface area contributed by atoms with Gasteiger partial charge in [0.05, 0.1) is 4.90 Å². The van der Waals surface area contributed by atoms with E-state index in [1.165, 1.54) is 6.07 Å². The maximum absolute atomic E-state index is 12.2. The number of rotatable bonds is 11. The largest absolute Gasteiger partial charge is 0.490 e. The van der Waals surface area contributed by atoms with E-state index < -0.39 is 22.1 Å². The van der Waals surface area contributed by atoms with Gasteiger partial charge in [-0.2, -0.15) is 0 Å². The molecule has 2 rings (SSSR count). The van der Waals surface area contributed by atoms with Gasteiger partial charge >= 0.3 is 5.97 Å². The average molecular weight is 423 g/mol. The van der Waals surface area contributed by atoms with Crippen LogP contribution in [0.1, 0.15) is 21.5 Å². The van der Waals surface area contributed by atoms with Crippen molar-refractivity contribution in [3.63, 3.8) is 0 Å². The van der Waals surface area contributed by atoms with Gasteiger partial charge in [0.1, 0.15) is 24.0 Å². The molecule has 0 amide bonds. The maximum atomic E-state index is 12.2. The Hall–Kier alpha value is -2.46. The molecule has 0 spiro atoms. The number of aryl methyl sites for hydroxylation is 2. The van der Waals surface area contributed by atoms with E-state index in [9.17, 15) is 23.4 Å². The van der Waals surface area contributed by atoms with Crippen molar-refractivity contribution in [2.75, 3.05) is 26.2 Å². The molecule has 8 nitrogen and oxygen atoms in total. The molecule has 0 fully saturated rings. The lowest BCUT2D eigenvalue weighted by Gasteiger charge is -2.16. The summed E-state index contributed by atoms with van der Waals surface area (Å²) in [5.74, 6) is -0.873. The topological polar surface area (TPSA) is 125 Å². The molecule has 1 unspecified atom stereocenters. The lowest BCUT2D eigenvalue weighted by molar-refractivity contribution is 0.0682. The summed E-state index contributed by atoms with van der Waals surface area (Å²) >= 11 is 0. The fourth-order valence-corrected chi connectivity index (χ4v) is 3.63. The number of aliphatic hydroxyl groups excluding tert-OH is 1. The predicted molar refractivity (Wildman–Crippen MR) is 109 cm³/mol. The molecule has 0 aliphatic carbocycles. The van der Waals surface area contributed by atoms with Crippen LogP contribution in [0, 0.1) is 13.8 Å². The van der Waals surface area contributed by atoms with Crippen LogP contribution in [-0.4, -0.2) is 56.9 Å². The number of para-hydroxylation sites is 1. The van der Waals surface area contributed by atoms with Crippen LogP contribution in [0.2, 0.25) is 0 Å². The van der Waals surface area contributed by atoms with E-state index in [0.717, 1.165) is 5.56 Å². The first-order chi connectivity index (χ1) is 13.7. The van der Waals surface area contributed by atoms with E-state index in [4.69, 9.17) is 4.74 Å². The van der Waals surface area contributed by atoms with Gasteiger partial charge in [-0.3, -0.25) is 0 Å². The van der Waals surface area contributed by atoms with Crippen LogP contribution >= 0.6 is 0 Å². The summed E-state index contributed by atoms with van der Waals surface area (Å²) < 4.78 is 32.3. The summed E-state index contributed by atoms with van der Waals surface area (Å²) in [5, 5.41) is 22.2. The third-order valence-corrected chi connectivity index (χ3v) is 5.64. The van der Waals surface area contributed by atoms with E-state index in [0.29, 0.717) is 12.1 Å². The minimum atomic E-state index is -3.57. The van der Waals surface area contributed by atoms with Crippen molar-refractivity contribution in [1.29, 1.82) is 0 Å². The second kappa shape index (κ2) is 10.4. The molecule has 0 aliphatic heterocycles. The fraction of sp³-hybridized carbons (Fsp3) is 0.350. The van der Waals surface area contributed by atoms with E-state index in [1.54, 1.807) is 43.3 Å². The molecule has 0 aromatic heterocycles. The van der Waals surface area contributed by atoms with Crippen molar-refractivity contribution in [3.05, 3.63) is 59.2 Å². The summed E-state index contributed by atoms with van der Waals surface area (Å²) in [6.45, 7) is 4.16. The van der Waals surface area contributed by atoms with Gasteiger partial charge in [0.15, 0.2) is 0 Å². The Bertz CT molecular complexity index is 928. The highest BCUT2D eigenvalue weighted by Gasteiger charge is 2.15. The van der Waals surface area contributed by atoms with Gasteiger partial charge in [0, 0.05) is 19.6 Å². The van der Waals surface area contributed by atoms with Crippen molar-refractivity contribution in [1.82, 2.24) is 10.0 Å². The van der Waals surface area contributed by atoms with Gasteiger partial charge in [0.2, 0.25) is 10.0 Å². The van der Waals surface area contributed by atoms with Crippen LogP contribution in [-0.2, 0) is 10.0 Å². The van der Waals surface area contributed by atoms with Crippen LogP contribution in [0.25, 0.3) is 0 Å². The van der Waals surface area contributed by atoms with Crippen molar-refractivity contribution in [3.8, 4) is 5.75 Å². The van der Waals surface area contributed by atoms with Crippen LogP contribution in [0.5, 0.6) is 5.75 Å². The first kappa shape index (κ1) is 22.8. The number of hydrogen-bond acceptors (Lipinski definition) is 6. The van der Waals surface area contributed by atoms with Gasteiger partial charge in [-0.05, 0) is 37.6 Å². The Balaban J connectivity index is 1.73. The van der Waals surface area contributed by atoms with Crippen molar-refractivity contribution < 1.29 is 28.2 Å². The number of ether oxygens (including phenoxy) is 1. The summed E-state index contributed by atoms with van der Waals surface area (Å²) in [5.41, 5.74) is 1.68. The molecule has 1 atom stereocenters. The summed E-state index contributed by atoms with van der Waals surface area (Å²) in [6, 6.07) is 11.3. The van der Waals surface area contributed by atoms with Crippen LogP contribution in [0.15, 0.2) is 47.4 Å². The highest BCUT2D eigenvalue weighted by molar-refractivity contribution is 7.89. The molecular formula is C20H26N2O6S. The molecule has 0 heterocycles. The minimum Gasteiger partial charge on any atom is -0.490 e. The molecule has 9 heteroatoms. The van der Waals surface area contributed by atoms with Crippen LogP contribution < -0.4 is 14.8 Å². The van der Waals surface area contributed by atoms with Crippen LogP contribution in [0.4, 0.5) is 0 Å². The molecule has 4 N–H and O–H groups in total. The fourth-order valence-electron chi connectivity index (χ4n) is 2.59. The second-order valence-electron chi connectivity index (χ2n) is 6.64. The number of carboxylic acid groups (broad SMARTS) is 1. The Labute approximate surface area is 170 Å². The van der Waals surface area contributed by atoms with Crippen molar-refractivity contribution in [2.24, 2.45) is 0 Å². The third kappa shape index (κ3) is 6.82. The molecule has 0 saturated carbocycles. The van der Waals surface area contributed by atoms with Gasteiger partial charge in [0.25, 0.3) is 0 Å². The zero-order valence-corrected chi connectivity index (χ0v) is 17.2. The Kier molecular flexibility index (Phi) is 8.15. The molecule has 0 saturated heterocycles. The number of aromatic carboxylic acids is 1. The Morgan fingerprint density at radius 3 is 2.45 bits per heavy atom. The predicted octanol–water partition coefficient (Wildman–Crippen LogP) is 1.31. The summed E-state index contributed by atoms with van der Waals surface area (Å²) in [4.78, 5) is 11.4. The van der Waals surface area contributed by atoms with Gasteiger partial charge in [-0.1, -0.05) is 29.8 Å². The number of aliphatic hydroxyl groups is 1. The molecule has 158 valence electrons. The number of carbonyl (C=O) groups is 1. The van der Waals surface area contributed by atoms with Gasteiger partial charge in [-0.25, -0.2) is 17.9 Å². The molecule has 0 radical (unpaired) electrons. The third-order valence-electron chi connectivity index (χ3n) is 4.17. The van der Waals surface area contributed by atoms with Crippen molar-refractivity contribution >= 4 is 16.0 Å². The number of benzene rings is 2.